The van der Waals surface area contributed by atoms with Gasteiger partial charge in [0, 0.05) is 40.5 Å². The summed E-state index contributed by atoms with van der Waals surface area (Å²) >= 11 is 0. The molecule has 5 heteroatoms. The first-order valence-electron chi connectivity index (χ1n) is 24.5. The van der Waals surface area contributed by atoms with Gasteiger partial charge in [0.1, 0.15) is 24.0 Å². The van der Waals surface area contributed by atoms with Crippen molar-refractivity contribution in [2.24, 2.45) is 0 Å². The number of hydrogen-bond acceptors (Lipinski definition) is 4. The number of fused-ring (bicyclic) bond motifs is 4. The number of pyridine rings is 1. The fourth-order valence-corrected chi connectivity index (χ4v) is 10.0. The van der Waals surface area contributed by atoms with Crippen LogP contribution < -0.4 is 14.5 Å². The van der Waals surface area contributed by atoms with Crippen molar-refractivity contribution in [2.75, 3.05) is 16.5 Å². The molecule has 0 fully saturated rings. The summed E-state index contributed by atoms with van der Waals surface area (Å²) in [4.78, 5) is 9.94. The summed E-state index contributed by atoms with van der Waals surface area (Å²) in [5.41, 5.74) is 16.8. The zero-order valence-electron chi connectivity index (χ0n) is 42.6. The molecule has 0 saturated heterocycles. The van der Waals surface area contributed by atoms with Gasteiger partial charge in [0.25, 0.3) is 0 Å². The van der Waals surface area contributed by atoms with Crippen molar-refractivity contribution >= 4 is 44.6 Å². The lowest BCUT2D eigenvalue weighted by molar-refractivity contribution is 0.483. The van der Waals surface area contributed by atoms with E-state index in [9.17, 15) is 0 Å². The van der Waals surface area contributed by atoms with Crippen LogP contribution in [0.3, 0.4) is 0 Å². The molecule has 3 heterocycles. The SMILES string of the molecule is CC(C)(C)c1cc(-c2ccccc2)cc(N2CN(c3cccc(Oc4ccc5c6ccccc6n(-c6cc(-c7c(C(C)(C)C)cc(C(C)(C)C)cc7C(C)(C)C)ccn6)c5c4)c3)c3ccccc32)c1. The number of aromatic nitrogens is 2. The third kappa shape index (κ3) is 8.69. The van der Waals surface area contributed by atoms with E-state index < -0.39 is 0 Å². The summed E-state index contributed by atoms with van der Waals surface area (Å²) < 4.78 is 9.16. The molecule has 2 aromatic heterocycles. The molecule has 0 atom stereocenters. The van der Waals surface area contributed by atoms with Crippen molar-refractivity contribution in [1.82, 2.24) is 9.55 Å². The molecule has 1 aliphatic rings. The molecule has 0 bridgehead atoms. The van der Waals surface area contributed by atoms with E-state index >= 15 is 0 Å². The summed E-state index contributed by atoms with van der Waals surface area (Å²) in [7, 11) is 0. The van der Waals surface area contributed by atoms with Gasteiger partial charge in [-0.2, -0.15) is 0 Å². The Morgan fingerprint density at radius 1 is 0.420 bits per heavy atom. The maximum Gasteiger partial charge on any atom is 0.138 e. The lowest BCUT2D eigenvalue weighted by atomic mass is 9.71. The van der Waals surface area contributed by atoms with Gasteiger partial charge in [0.05, 0.1) is 22.4 Å². The van der Waals surface area contributed by atoms with Crippen LogP contribution in [-0.4, -0.2) is 16.2 Å². The highest BCUT2D eigenvalue weighted by molar-refractivity contribution is 6.09. The maximum atomic E-state index is 6.85. The zero-order chi connectivity index (χ0) is 48.6. The van der Waals surface area contributed by atoms with Crippen LogP contribution >= 0.6 is 0 Å². The van der Waals surface area contributed by atoms with Crippen LogP contribution in [0.4, 0.5) is 22.7 Å². The van der Waals surface area contributed by atoms with Gasteiger partial charge < -0.3 is 14.5 Å². The second kappa shape index (κ2) is 16.8. The molecule has 10 rings (SSSR count). The standard InChI is InChI=1S/C64H66N4O/c1-61(2,3)45-33-44(42-21-14-13-15-22-42)34-48(36-45)67-41-66(56-27-18-19-28-57(56)67)47-23-20-24-49(39-47)69-50-29-30-52-51-25-16-17-26-55(51)68(58(52)40-50)59-35-43(31-32-65-59)60-53(63(7,8)9)37-46(62(4,5)6)38-54(60)64(10,11)12/h13-40H,41H2,1-12H3. The molecule has 0 amide bonds. The van der Waals surface area contributed by atoms with Crippen LogP contribution in [0.25, 0.3) is 49.9 Å². The fourth-order valence-electron chi connectivity index (χ4n) is 10.0. The van der Waals surface area contributed by atoms with Gasteiger partial charge in [-0.1, -0.05) is 168 Å². The second-order valence-corrected chi connectivity index (χ2v) is 23.1. The number of anilines is 4. The van der Waals surface area contributed by atoms with Crippen LogP contribution in [0, 0.1) is 0 Å². The van der Waals surface area contributed by atoms with E-state index in [0.717, 1.165) is 45.1 Å². The molecule has 69 heavy (non-hydrogen) atoms. The van der Waals surface area contributed by atoms with Crippen molar-refractivity contribution in [3.63, 3.8) is 0 Å². The number of benzene rings is 7. The number of hydrogen-bond donors (Lipinski definition) is 0. The molecule has 7 aromatic carbocycles. The number of ether oxygens (including phenoxy) is 1. The van der Waals surface area contributed by atoms with E-state index in [1.165, 1.54) is 61.3 Å². The second-order valence-electron chi connectivity index (χ2n) is 23.1. The Bertz CT molecular complexity index is 3350. The van der Waals surface area contributed by atoms with Crippen molar-refractivity contribution in [3.05, 3.63) is 192 Å². The van der Waals surface area contributed by atoms with Gasteiger partial charge in [0.15, 0.2) is 0 Å². The molecule has 0 N–H and O–H groups in total. The Labute approximate surface area is 410 Å². The van der Waals surface area contributed by atoms with Crippen LogP contribution in [0.1, 0.15) is 105 Å². The van der Waals surface area contributed by atoms with E-state index in [1.807, 2.05) is 6.20 Å². The number of rotatable bonds is 7. The van der Waals surface area contributed by atoms with Crippen LogP contribution in [0.5, 0.6) is 11.5 Å². The molecule has 0 spiro atoms. The van der Waals surface area contributed by atoms with E-state index in [-0.39, 0.29) is 21.7 Å². The van der Waals surface area contributed by atoms with E-state index in [0.29, 0.717) is 6.67 Å². The Morgan fingerprint density at radius 3 is 1.68 bits per heavy atom. The molecule has 348 valence electrons. The van der Waals surface area contributed by atoms with Crippen molar-refractivity contribution < 1.29 is 4.74 Å². The number of nitrogens with zero attached hydrogens (tertiary/aromatic N) is 4. The smallest absolute Gasteiger partial charge is 0.138 e. The highest BCUT2D eigenvalue weighted by atomic mass is 16.5. The van der Waals surface area contributed by atoms with Crippen molar-refractivity contribution in [2.45, 2.75) is 105 Å². The lowest BCUT2D eigenvalue weighted by Crippen LogP contribution is -2.24. The molecular formula is C64H66N4O. The van der Waals surface area contributed by atoms with E-state index in [2.05, 4.69) is 261 Å². The van der Waals surface area contributed by atoms with Crippen molar-refractivity contribution in [1.29, 1.82) is 0 Å². The molecule has 0 saturated carbocycles. The quantitative estimate of drug-likeness (QED) is 0.160. The van der Waals surface area contributed by atoms with Crippen LogP contribution in [-0.2, 0) is 21.7 Å². The summed E-state index contributed by atoms with van der Waals surface area (Å²) in [5.74, 6) is 2.41. The average Bonchev–Trinajstić information content (AvgIpc) is 3.86. The molecule has 0 radical (unpaired) electrons. The first-order valence-corrected chi connectivity index (χ1v) is 24.5. The Balaban J connectivity index is 1.02. The Kier molecular flexibility index (Phi) is 11.1. The molecule has 0 unspecified atom stereocenters. The van der Waals surface area contributed by atoms with Crippen LogP contribution in [0.2, 0.25) is 0 Å². The molecular weight excluding hydrogens is 841 g/mol. The third-order valence-electron chi connectivity index (χ3n) is 13.8. The molecule has 5 nitrogen and oxygen atoms in total. The molecule has 1 aliphatic heterocycles. The monoisotopic (exact) mass is 907 g/mol. The minimum atomic E-state index is -0.0847. The predicted octanol–water partition coefficient (Wildman–Crippen LogP) is 17.7. The van der Waals surface area contributed by atoms with Gasteiger partial charge in [-0.15, -0.1) is 0 Å². The van der Waals surface area contributed by atoms with Gasteiger partial charge >= 0.3 is 0 Å². The van der Waals surface area contributed by atoms with Crippen molar-refractivity contribution in [3.8, 4) is 39.6 Å². The highest BCUT2D eigenvalue weighted by Gasteiger charge is 2.32. The van der Waals surface area contributed by atoms with Gasteiger partial charge in [-0.05, 0) is 133 Å². The maximum absolute atomic E-state index is 6.85. The molecule has 9 aromatic rings. The topological polar surface area (TPSA) is 33.5 Å². The lowest BCUT2D eigenvalue weighted by Gasteiger charge is -2.34. The average molecular weight is 907 g/mol. The summed E-state index contributed by atoms with van der Waals surface area (Å²) in [5, 5.41) is 2.33. The minimum absolute atomic E-state index is 0.0136. The van der Waals surface area contributed by atoms with E-state index in [4.69, 9.17) is 9.72 Å². The van der Waals surface area contributed by atoms with E-state index in [1.54, 1.807) is 0 Å². The Hall–Kier alpha value is -7.11. The first kappa shape index (κ1) is 45.7. The Morgan fingerprint density at radius 2 is 1.01 bits per heavy atom. The summed E-state index contributed by atoms with van der Waals surface area (Å²) in [6.45, 7) is 28.5. The predicted molar refractivity (Wildman–Crippen MR) is 293 cm³/mol. The number of para-hydroxylation sites is 3. The summed E-state index contributed by atoms with van der Waals surface area (Å²) in [6, 6.07) is 59.5. The van der Waals surface area contributed by atoms with Gasteiger partial charge in [0.2, 0.25) is 0 Å². The minimum Gasteiger partial charge on any atom is -0.457 e. The normalized spacial score (nSPS) is 13.4. The van der Waals surface area contributed by atoms with Crippen LogP contribution in [0.15, 0.2) is 170 Å². The first-order chi connectivity index (χ1) is 32.7. The highest BCUT2D eigenvalue weighted by Crippen LogP contribution is 2.48. The van der Waals surface area contributed by atoms with Gasteiger partial charge in [-0.25, -0.2) is 4.98 Å². The van der Waals surface area contributed by atoms with Gasteiger partial charge in [-0.3, -0.25) is 4.57 Å². The fraction of sp³-hybridized carbons (Fsp3) is 0.266. The zero-order valence-corrected chi connectivity index (χ0v) is 42.6. The summed E-state index contributed by atoms with van der Waals surface area (Å²) in [6.07, 6.45) is 1.98. The molecule has 0 aliphatic carbocycles. The largest absolute Gasteiger partial charge is 0.457 e. The third-order valence-corrected chi connectivity index (χ3v) is 13.8.